The van der Waals surface area contributed by atoms with Crippen LogP contribution in [0.5, 0.6) is 0 Å². The number of aromatic carboxylic acids is 1. The van der Waals surface area contributed by atoms with Crippen molar-refractivity contribution in [2.75, 3.05) is 51.7 Å². The predicted molar refractivity (Wildman–Crippen MR) is 464 cm³/mol. The number of pyridine rings is 1. The maximum Gasteiger partial charge on any atom is 1.00 e. The van der Waals surface area contributed by atoms with E-state index in [9.17, 15) is 89.5 Å². The standard InChI is InChI=1S/C25H28FN3O4S.C9H8N2O4S.C9H10N2O2S.C9H11NO4S.C8H8BrNO4S.C8H9BrO2S.C8H9BrS.CN.CH4.Cu/c1-2-34(32,33)20-10-11-21-22(14-20)28-16-29(25(21)31)23(12-17-6-4-3-5-7-17)24(30)13-19-9-8-18(26)15-27-19;1-2-16(14,15)8-4-3-7(6-10)9(5-8)11(12)13;1-2-14(12,13)8-4-3-7(6-10)9(11)5-8;1-2-15(13,14)6-3-4-7(9(11)12)8(10)5-6;1-2-15(13,14)6-3-4-7(9)8(5-6)10(11)12;1-2-12(10,11)8-5-3-7(9)4-6-8;1-2-10-8-5-3-7(9)4-6-8;1-2;;/h8-11,14-17,23H,2-7,12-13H2,1H3;3-5H,2H2,1H3;3-5H,2,11H2,1H3;3-5H,2,10H2,1H3,(H,11,12);3-5H,2H2,1H3;3-6H,2H2,1H3;3-6H,2H2,1H3;;1H4;/q;;;;;;;-1;;+1. The Balaban J connectivity index is 0.000000727. The number of anilines is 2. The first-order valence-corrected chi connectivity index (χ1v) is 48.6. The first kappa shape index (κ1) is 109. The number of rotatable bonds is 23. The fourth-order valence-electron chi connectivity index (χ4n) is 10.4. The number of nitrogens with zero attached hydrogens (tertiary/aromatic N) is 8. The van der Waals surface area contributed by atoms with Gasteiger partial charge in [-0.05, 0) is 174 Å². The number of nitriles is 2. The van der Waals surface area contributed by atoms with Crippen LogP contribution in [0.2, 0.25) is 0 Å². The minimum Gasteiger partial charge on any atom is -0.512 e. The molecule has 0 aliphatic heterocycles. The van der Waals surface area contributed by atoms with Crippen molar-refractivity contribution in [3.05, 3.63) is 243 Å². The summed E-state index contributed by atoms with van der Waals surface area (Å²) in [6, 6.07) is 39.6. The molecule has 1 aliphatic rings. The van der Waals surface area contributed by atoms with Crippen molar-refractivity contribution in [2.24, 2.45) is 5.92 Å². The van der Waals surface area contributed by atoms with Gasteiger partial charge in [-0.15, -0.1) is 11.8 Å². The zero-order chi connectivity index (χ0) is 89.3. The summed E-state index contributed by atoms with van der Waals surface area (Å²) < 4.78 is 155. The molecule has 1 atom stereocenters. The molecule has 7 aromatic carbocycles. The maximum absolute atomic E-state index is 13.4. The van der Waals surface area contributed by atoms with Gasteiger partial charge in [0.25, 0.3) is 16.9 Å². The molecule has 30 nitrogen and oxygen atoms in total. The molecule has 0 spiro atoms. The van der Waals surface area contributed by atoms with Crippen molar-refractivity contribution < 1.29 is 96.5 Å². The molecule has 0 radical (unpaired) electrons. The smallest absolute Gasteiger partial charge is 0.512 e. The second kappa shape index (κ2) is 50.9. The molecule has 650 valence electrons. The van der Waals surface area contributed by atoms with Gasteiger partial charge in [0.15, 0.2) is 64.8 Å². The largest absolute Gasteiger partial charge is 1.00 e. The molecule has 9 aromatic rings. The minimum absolute atomic E-state index is 0. The number of ketones is 1. The number of hydrogen-bond donors (Lipinski definition) is 3. The first-order chi connectivity index (χ1) is 55.4. The normalized spacial score (nSPS) is 12.0. The van der Waals surface area contributed by atoms with Crippen LogP contribution in [0.15, 0.2) is 217 Å². The van der Waals surface area contributed by atoms with Gasteiger partial charge >= 0.3 is 23.0 Å². The van der Waals surface area contributed by atoms with Crippen LogP contribution in [0.4, 0.5) is 27.1 Å². The van der Waals surface area contributed by atoms with Crippen LogP contribution in [0.3, 0.4) is 0 Å². The number of thioether (sulfide) groups is 1. The molecule has 1 aliphatic carbocycles. The van der Waals surface area contributed by atoms with Gasteiger partial charge in [0.2, 0.25) is 0 Å². The van der Waals surface area contributed by atoms with E-state index in [0.717, 1.165) is 64.8 Å². The van der Waals surface area contributed by atoms with E-state index in [1.54, 1.807) is 51.1 Å². The number of Topliss-reactive ketones (excluding diaryl/α,β-unsaturated/α-hetero) is 1. The third-order valence-electron chi connectivity index (χ3n) is 17.1. The van der Waals surface area contributed by atoms with Crippen LogP contribution in [0, 0.1) is 66.5 Å². The van der Waals surface area contributed by atoms with E-state index < -0.39 is 92.4 Å². The number of nitrogens with two attached hydrogens (primary N) is 2. The molecule has 10 rings (SSSR count). The number of carboxylic acids is 1. The van der Waals surface area contributed by atoms with E-state index in [1.807, 2.05) is 17.8 Å². The van der Waals surface area contributed by atoms with Gasteiger partial charge in [-0.25, -0.2) is 64.7 Å². The monoisotopic (exact) mass is 2030 g/mol. The number of nitro groups is 2. The van der Waals surface area contributed by atoms with Gasteiger partial charge in [-0.1, -0.05) is 120 Å². The van der Waals surface area contributed by atoms with Crippen LogP contribution in [-0.2, 0) is 87.3 Å². The van der Waals surface area contributed by atoms with Crippen LogP contribution >= 0.6 is 59.6 Å². The molecular weight excluding hydrogens is 1940 g/mol. The molecule has 42 heteroatoms. The summed E-state index contributed by atoms with van der Waals surface area (Å²) in [5.74, 6) is -0.510. The Kier molecular flexibility index (Phi) is 46.1. The molecule has 0 saturated heterocycles. The summed E-state index contributed by atoms with van der Waals surface area (Å²) >= 11 is 11.5. The van der Waals surface area contributed by atoms with E-state index in [-0.39, 0.29) is 145 Å². The van der Waals surface area contributed by atoms with Crippen LogP contribution < -0.4 is 17.0 Å². The Morgan fingerprint density at radius 3 is 1.41 bits per heavy atom. The summed E-state index contributed by atoms with van der Waals surface area (Å²) in [7, 11) is -19.9. The zero-order valence-electron chi connectivity index (χ0n) is 64.8. The van der Waals surface area contributed by atoms with Crippen molar-refractivity contribution in [3.63, 3.8) is 0 Å². The molecule has 1 saturated carbocycles. The Morgan fingerprint density at radius 2 is 0.983 bits per heavy atom. The number of carbonyl (C=O) groups is 2. The van der Waals surface area contributed by atoms with Gasteiger partial charge < -0.3 is 28.4 Å². The molecule has 1 unspecified atom stereocenters. The Labute approximate surface area is 738 Å². The third kappa shape index (κ3) is 33.0. The summed E-state index contributed by atoms with van der Waals surface area (Å²) in [6.45, 7) is 16.1. The number of nitrogen functional groups attached to an aromatic ring is 2. The second-order valence-electron chi connectivity index (χ2n) is 24.6. The number of nitro benzene ring substituents is 2. The SMILES string of the molecule is C.CCS(=O)(=O)c1ccc(Br)c([N+](=O)[O-])c1.CCS(=O)(=O)c1ccc(Br)cc1.CCS(=O)(=O)c1ccc(C#N)c(N)c1.CCS(=O)(=O)c1ccc(C#N)c([N+](=O)[O-])c1.CCS(=O)(=O)c1ccc(C(=O)O)c(N)c1.CCS(=O)(=O)c1ccc2c(=O)n(C(CC3CCCCC3)C(=O)Cc3ccc(F)cn3)cnc2c1.CCSc1ccc(Br)cc1.[C-]#N.[Cu+]. The van der Waals surface area contributed by atoms with Crippen LogP contribution in [0.25, 0.3) is 10.9 Å². The predicted octanol–water partition coefficient (Wildman–Crippen LogP) is 15.7. The van der Waals surface area contributed by atoms with Gasteiger partial charge in [0, 0.05) is 37.4 Å². The number of sulfone groups is 6. The quantitative estimate of drug-likeness (QED) is 0.0134. The number of halogens is 4. The Morgan fingerprint density at radius 1 is 0.575 bits per heavy atom. The zero-order valence-corrected chi connectivity index (χ0v) is 76.2. The number of carboxylic acid groups (broad SMARTS) is 1. The topological polar surface area (TPSA) is 517 Å². The van der Waals surface area contributed by atoms with E-state index in [1.165, 1.54) is 128 Å². The maximum atomic E-state index is 13.4. The Bertz CT molecular complexity index is 5950. The van der Waals surface area contributed by atoms with Crippen molar-refractivity contribution in [1.29, 1.82) is 15.8 Å². The molecule has 5 N–H and O–H groups in total. The van der Waals surface area contributed by atoms with Gasteiger partial charge in [-0.2, -0.15) is 10.5 Å². The summed E-state index contributed by atoms with van der Waals surface area (Å²) in [4.78, 5) is 67.4. The summed E-state index contributed by atoms with van der Waals surface area (Å²) in [6.07, 6.45) is 8.32. The third-order valence-corrected chi connectivity index (χ3v) is 30.1. The van der Waals surface area contributed by atoms with Gasteiger partial charge in [-0.3, -0.25) is 39.4 Å². The fourth-order valence-corrected chi connectivity index (χ4v) is 17.4. The van der Waals surface area contributed by atoms with E-state index >= 15 is 0 Å². The number of fused-ring (bicyclic) bond motifs is 1. The molecular formula is C78H87Br3CuFN10O20S7. The van der Waals surface area contributed by atoms with Crippen LogP contribution in [0.1, 0.15) is 128 Å². The van der Waals surface area contributed by atoms with E-state index in [0.29, 0.717) is 28.5 Å². The number of benzene rings is 7. The molecule has 2 heterocycles. The molecule has 0 amide bonds. The molecule has 120 heavy (non-hydrogen) atoms. The van der Waals surface area contributed by atoms with Crippen molar-refractivity contribution in [1.82, 2.24) is 14.5 Å². The van der Waals surface area contributed by atoms with E-state index in [4.69, 9.17) is 38.9 Å². The molecule has 1 fully saturated rings. The van der Waals surface area contributed by atoms with Crippen molar-refractivity contribution in [2.45, 2.75) is 141 Å². The molecule has 2 aromatic heterocycles. The summed E-state index contributed by atoms with van der Waals surface area (Å²) in [5, 5.41) is 53.6. The number of carbonyl (C=O) groups excluding carboxylic acids is 1. The van der Waals surface area contributed by atoms with E-state index in [2.05, 4.69) is 88.9 Å². The first-order valence-electron chi connectivity index (χ1n) is 35.3. The number of aromatic nitrogens is 3. The average molecular weight is 2030 g/mol. The number of hydrogen-bond acceptors (Lipinski definition) is 27. The van der Waals surface area contributed by atoms with Crippen LogP contribution in [-0.4, -0.2) is 132 Å². The second-order valence-corrected chi connectivity index (χ2v) is 42.3. The van der Waals surface area contributed by atoms with Crippen molar-refractivity contribution >= 4 is 164 Å². The van der Waals surface area contributed by atoms with Gasteiger partial charge in [0.1, 0.15) is 23.5 Å². The van der Waals surface area contributed by atoms with Gasteiger partial charge in [0.05, 0.1) is 131 Å². The fraction of sp³-hybridized carbons (Fsp3) is 0.308. The average Bonchev–Trinajstić information content (AvgIpc) is 0.766. The summed E-state index contributed by atoms with van der Waals surface area (Å²) in [5.41, 5.74) is 10.7. The molecule has 0 bridgehead atoms. The Hall–Kier alpha value is -9.22. The minimum atomic E-state index is -3.49. The van der Waals surface area contributed by atoms with Crippen molar-refractivity contribution in [3.8, 4) is 12.1 Å².